The smallest absolute Gasteiger partial charge is 0.248 e. The molecule has 0 bridgehead atoms. The first-order chi connectivity index (χ1) is 17.8. The van der Waals surface area contributed by atoms with E-state index in [2.05, 4.69) is 27.1 Å². The Morgan fingerprint density at radius 1 is 1.05 bits per heavy atom. The number of pyridine rings is 2. The lowest BCUT2D eigenvalue weighted by Crippen LogP contribution is -2.41. The predicted molar refractivity (Wildman–Crippen MR) is 147 cm³/mol. The van der Waals surface area contributed by atoms with Crippen LogP contribution in [0.2, 0.25) is 10.0 Å². The van der Waals surface area contributed by atoms with E-state index in [0.29, 0.717) is 21.7 Å². The molecular formula is C29H25Cl2N5O. The maximum absolute atomic E-state index is 12.8. The molecule has 186 valence electrons. The number of nitrogens with zero attached hydrogens (tertiary/aromatic N) is 3. The zero-order valence-electron chi connectivity index (χ0n) is 20.2. The molecule has 6 nitrogen and oxygen atoms in total. The molecule has 8 heteroatoms. The number of fused-ring (bicyclic) bond motifs is 1. The number of benzene rings is 2. The van der Waals surface area contributed by atoms with Crippen LogP contribution in [0.15, 0.2) is 84.2 Å². The highest BCUT2D eigenvalue weighted by atomic mass is 35.5. The van der Waals surface area contributed by atoms with E-state index in [1.807, 2.05) is 48.0 Å². The van der Waals surface area contributed by atoms with Gasteiger partial charge >= 0.3 is 0 Å². The average Bonchev–Trinajstić information content (AvgIpc) is 3.62. The summed E-state index contributed by atoms with van der Waals surface area (Å²) in [6.45, 7) is 0. The molecule has 1 fully saturated rings. The third kappa shape index (κ3) is 4.25. The van der Waals surface area contributed by atoms with Crippen molar-refractivity contribution in [2.45, 2.75) is 24.3 Å². The second-order valence-corrected chi connectivity index (χ2v) is 10.7. The van der Waals surface area contributed by atoms with Gasteiger partial charge < -0.3 is 15.3 Å². The van der Waals surface area contributed by atoms with Crippen molar-refractivity contribution in [1.82, 2.24) is 19.5 Å². The Morgan fingerprint density at radius 3 is 2.57 bits per heavy atom. The van der Waals surface area contributed by atoms with Gasteiger partial charge in [-0.2, -0.15) is 0 Å². The van der Waals surface area contributed by atoms with Gasteiger partial charge in [-0.1, -0.05) is 41.4 Å². The van der Waals surface area contributed by atoms with Gasteiger partial charge in [-0.25, -0.2) is 4.98 Å². The van der Waals surface area contributed by atoms with Gasteiger partial charge in [0.25, 0.3) is 0 Å². The molecule has 3 aromatic heterocycles. The third-order valence-electron chi connectivity index (χ3n) is 7.32. The third-order valence-corrected chi connectivity index (χ3v) is 7.78. The monoisotopic (exact) mass is 529 g/mol. The van der Waals surface area contributed by atoms with Crippen molar-refractivity contribution in [3.05, 3.63) is 128 Å². The summed E-state index contributed by atoms with van der Waals surface area (Å²) in [6, 6.07) is 19.2. The molecule has 37 heavy (non-hydrogen) atoms. The molecule has 1 aliphatic rings. The van der Waals surface area contributed by atoms with E-state index in [1.165, 1.54) is 0 Å². The van der Waals surface area contributed by atoms with Crippen molar-refractivity contribution in [1.29, 1.82) is 0 Å². The zero-order chi connectivity index (χ0) is 25.7. The molecule has 0 radical (unpaired) electrons. The van der Waals surface area contributed by atoms with Crippen LogP contribution in [0.25, 0.3) is 10.9 Å². The average molecular weight is 530 g/mol. The lowest BCUT2D eigenvalue weighted by Gasteiger charge is -2.30. The summed E-state index contributed by atoms with van der Waals surface area (Å²) in [6.07, 6.45) is 7.29. The van der Waals surface area contributed by atoms with E-state index < -0.39 is 5.54 Å². The first-order valence-corrected chi connectivity index (χ1v) is 12.9. The largest absolute Gasteiger partial charge is 0.335 e. The van der Waals surface area contributed by atoms with Gasteiger partial charge in [0.05, 0.1) is 28.9 Å². The van der Waals surface area contributed by atoms with Crippen LogP contribution < -0.4 is 11.3 Å². The number of aromatic nitrogens is 4. The van der Waals surface area contributed by atoms with Gasteiger partial charge in [-0.05, 0) is 71.8 Å². The van der Waals surface area contributed by atoms with E-state index in [4.69, 9.17) is 28.9 Å². The Labute approximate surface area is 224 Å². The van der Waals surface area contributed by atoms with E-state index >= 15 is 0 Å². The number of imidazole rings is 1. The number of halogens is 2. The molecule has 3 N–H and O–H groups in total. The number of rotatable bonds is 6. The van der Waals surface area contributed by atoms with Gasteiger partial charge in [0.2, 0.25) is 5.56 Å². The minimum atomic E-state index is -1.11. The summed E-state index contributed by atoms with van der Waals surface area (Å²) in [5.74, 6) is 0.501. The van der Waals surface area contributed by atoms with Crippen molar-refractivity contribution in [3.63, 3.8) is 0 Å². The zero-order valence-corrected chi connectivity index (χ0v) is 21.7. The molecule has 1 aliphatic carbocycles. The van der Waals surface area contributed by atoms with Gasteiger partial charge in [0.15, 0.2) is 0 Å². The topological polar surface area (TPSA) is 89.6 Å². The summed E-state index contributed by atoms with van der Waals surface area (Å²) in [4.78, 5) is 24.7. The molecule has 5 aromatic rings. The molecule has 3 heterocycles. The van der Waals surface area contributed by atoms with Crippen LogP contribution in [0.3, 0.4) is 0 Å². The Hall–Kier alpha value is -3.45. The molecule has 0 amide bonds. The molecule has 2 aromatic carbocycles. The molecule has 1 saturated carbocycles. The molecule has 0 aliphatic heterocycles. The van der Waals surface area contributed by atoms with Gasteiger partial charge in [0.1, 0.15) is 5.54 Å². The van der Waals surface area contributed by atoms with Crippen LogP contribution >= 0.6 is 23.2 Å². The van der Waals surface area contributed by atoms with Crippen molar-refractivity contribution >= 4 is 34.1 Å². The highest BCUT2D eigenvalue weighted by Gasteiger charge is 2.38. The van der Waals surface area contributed by atoms with Crippen LogP contribution in [0.4, 0.5) is 0 Å². The highest BCUT2D eigenvalue weighted by Crippen LogP contribution is 2.48. The Bertz CT molecular complexity index is 1670. The van der Waals surface area contributed by atoms with Crippen LogP contribution in [-0.4, -0.2) is 19.5 Å². The number of H-pyrrole nitrogens is 1. The van der Waals surface area contributed by atoms with Crippen molar-refractivity contribution in [3.8, 4) is 0 Å². The Morgan fingerprint density at radius 2 is 1.89 bits per heavy atom. The summed E-state index contributed by atoms with van der Waals surface area (Å²) in [5.41, 5.74) is 11.1. The molecule has 0 spiro atoms. The van der Waals surface area contributed by atoms with Crippen molar-refractivity contribution in [2.75, 3.05) is 0 Å². The maximum Gasteiger partial charge on any atom is 0.248 e. The first-order valence-electron chi connectivity index (χ1n) is 12.1. The van der Waals surface area contributed by atoms with E-state index in [-0.39, 0.29) is 11.5 Å². The molecule has 6 rings (SSSR count). The lowest BCUT2D eigenvalue weighted by atomic mass is 9.81. The maximum atomic E-state index is 12.8. The number of hydrogen-bond acceptors (Lipinski definition) is 4. The fraction of sp³-hybridized carbons (Fsp3) is 0.207. The Balaban J connectivity index is 1.61. The number of aromatic amines is 1. The summed E-state index contributed by atoms with van der Waals surface area (Å²) in [7, 11) is 1.91. The Kier molecular flexibility index (Phi) is 5.91. The second kappa shape index (κ2) is 9.14. The van der Waals surface area contributed by atoms with E-state index in [1.54, 1.807) is 30.9 Å². The van der Waals surface area contributed by atoms with Crippen LogP contribution in [0.5, 0.6) is 0 Å². The van der Waals surface area contributed by atoms with E-state index in [9.17, 15) is 4.79 Å². The van der Waals surface area contributed by atoms with E-state index in [0.717, 1.165) is 46.1 Å². The number of aryl methyl sites for hydroxylation is 1. The number of hydrogen-bond donors (Lipinski definition) is 2. The fourth-order valence-electron chi connectivity index (χ4n) is 5.39. The quantitative estimate of drug-likeness (QED) is 0.292. The van der Waals surface area contributed by atoms with Gasteiger partial charge in [-0.15, -0.1) is 0 Å². The number of nitrogens with one attached hydrogen (secondary N) is 1. The molecule has 0 saturated heterocycles. The summed E-state index contributed by atoms with van der Waals surface area (Å²) < 4.78 is 1.90. The minimum Gasteiger partial charge on any atom is -0.335 e. The lowest BCUT2D eigenvalue weighted by molar-refractivity contribution is 0.578. The van der Waals surface area contributed by atoms with Crippen LogP contribution in [0.1, 0.15) is 46.8 Å². The molecule has 2 unspecified atom stereocenters. The minimum absolute atomic E-state index is 0.0521. The van der Waals surface area contributed by atoms with Crippen molar-refractivity contribution in [2.24, 2.45) is 18.7 Å². The van der Waals surface area contributed by atoms with Crippen LogP contribution in [0, 0.1) is 5.92 Å². The summed E-state index contributed by atoms with van der Waals surface area (Å²) >= 11 is 12.5. The van der Waals surface area contributed by atoms with Gasteiger partial charge in [0, 0.05) is 41.2 Å². The SMILES string of the molecule is Cn1cncc1C(N)(c1ccc2[nH]c(=O)cc(C(c3cccc(Cl)c3)C3CC3)c2c1)c1ccc(Cl)cn1. The summed E-state index contributed by atoms with van der Waals surface area (Å²) in [5, 5.41) is 2.16. The predicted octanol–water partition coefficient (Wildman–Crippen LogP) is 5.76. The first kappa shape index (κ1) is 23.9. The van der Waals surface area contributed by atoms with Gasteiger partial charge in [-0.3, -0.25) is 9.78 Å². The highest BCUT2D eigenvalue weighted by molar-refractivity contribution is 6.30. The fourth-order valence-corrected chi connectivity index (χ4v) is 5.70. The van der Waals surface area contributed by atoms with Crippen LogP contribution in [-0.2, 0) is 12.6 Å². The van der Waals surface area contributed by atoms with Crippen molar-refractivity contribution < 1.29 is 0 Å². The number of nitrogens with two attached hydrogens (primary N) is 1. The standard InChI is InChI=1S/C29H25Cl2N5O/c1-36-16-33-15-26(36)29(32,25-10-8-21(31)14-34-25)19-7-9-24-22(12-19)23(13-27(37)35-24)28(17-5-6-17)18-3-2-4-20(30)11-18/h2-4,7-17,28H,5-6,32H2,1H3,(H,35,37). The second-order valence-electron chi connectivity index (χ2n) is 9.78. The molecular weight excluding hydrogens is 505 g/mol. The normalized spacial score (nSPS) is 16.0. The molecule has 2 atom stereocenters.